The Labute approximate surface area is 199 Å². The molecule has 174 valence electrons. The van der Waals surface area contributed by atoms with E-state index in [1.807, 2.05) is 29.8 Å². The lowest BCUT2D eigenvalue weighted by molar-refractivity contribution is 0.0958. The summed E-state index contributed by atoms with van der Waals surface area (Å²) >= 11 is 0. The van der Waals surface area contributed by atoms with Gasteiger partial charge >= 0.3 is 0 Å². The number of anilines is 2. The van der Waals surface area contributed by atoms with Crippen LogP contribution in [0.2, 0.25) is 0 Å². The maximum atomic E-state index is 11.8. The van der Waals surface area contributed by atoms with Crippen LogP contribution in [0.4, 0.5) is 11.6 Å². The van der Waals surface area contributed by atoms with Crippen LogP contribution in [-0.2, 0) is 7.05 Å². The monoisotopic (exact) mass is 455 g/mol. The Morgan fingerprint density at radius 1 is 1.06 bits per heavy atom. The number of imidazole rings is 1. The van der Waals surface area contributed by atoms with Crippen LogP contribution in [0.15, 0.2) is 54.7 Å². The maximum absolute atomic E-state index is 11.8. The Morgan fingerprint density at radius 3 is 2.65 bits per heavy atom. The first-order chi connectivity index (χ1) is 16.5. The number of ether oxygens (including phenoxy) is 1. The number of hydrogen-bond acceptors (Lipinski definition) is 5. The molecule has 1 saturated carbocycles. The molecule has 5 rings (SSSR count). The van der Waals surface area contributed by atoms with Gasteiger partial charge in [0.1, 0.15) is 17.2 Å². The molecular formula is C27H29N5O2. The molecule has 1 fully saturated rings. The third kappa shape index (κ3) is 4.33. The fourth-order valence-corrected chi connectivity index (χ4v) is 4.74. The number of nitrogens with zero attached hydrogens (tertiary/aromatic N) is 3. The van der Waals surface area contributed by atoms with Gasteiger partial charge < -0.3 is 19.9 Å². The van der Waals surface area contributed by atoms with Gasteiger partial charge in [0.25, 0.3) is 5.91 Å². The number of aromatic nitrogens is 3. The van der Waals surface area contributed by atoms with Crippen molar-refractivity contribution in [1.29, 1.82) is 0 Å². The number of rotatable bonds is 6. The van der Waals surface area contributed by atoms with Crippen LogP contribution < -0.4 is 15.4 Å². The highest BCUT2D eigenvalue weighted by molar-refractivity contribution is 5.92. The lowest BCUT2D eigenvalue weighted by atomic mass is 9.93. The number of carbonyl (C=O) groups is 1. The molecule has 1 amide bonds. The Bertz CT molecular complexity index is 1350. The van der Waals surface area contributed by atoms with E-state index < -0.39 is 0 Å². The van der Waals surface area contributed by atoms with E-state index in [0.717, 1.165) is 22.7 Å². The summed E-state index contributed by atoms with van der Waals surface area (Å²) in [4.78, 5) is 20.7. The van der Waals surface area contributed by atoms with Crippen molar-refractivity contribution in [2.45, 2.75) is 38.5 Å². The summed E-state index contributed by atoms with van der Waals surface area (Å²) in [7, 11) is 3.58. The first-order valence-corrected chi connectivity index (χ1v) is 11.7. The number of hydrogen-bond donors (Lipinski definition) is 2. The minimum Gasteiger partial charge on any atom is -0.457 e. The zero-order chi connectivity index (χ0) is 23.7. The van der Waals surface area contributed by atoms with Crippen LogP contribution in [0.25, 0.3) is 11.0 Å². The second kappa shape index (κ2) is 9.17. The van der Waals surface area contributed by atoms with Crippen LogP contribution in [0.3, 0.4) is 0 Å². The summed E-state index contributed by atoms with van der Waals surface area (Å²) in [6.07, 6.45) is 6.76. The lowest BCUT2D eigenvalue weighted by Gasteiger charge is -2.15. The summed E-state index contributed by atoms with van der Waals surface area (Å²) in [5.41, 5.74) is 6.00. The molecule has 0 spiro atoms. The highest BCUT2D eigenvalue weighted by atomic mass is 16.5. The molecule has 1 aliphatic carbocycles. The zero-order valence-corrected chi connectivity index (χ0v) is 19.8. The topological polar surface area (TPSA) is 81.1 Å². The number of nitrogens with one attached hydrogen (secondary N) is 2. The molecule has 4 aromatic rings. The minimum absolute atomic E-state index is 0.256. The van der Waals surface area contributed by atoms with E-state index in [4.69, 9.17) is 9.72 Å². The van der Waals surface area contributed by atoms with Crippen LogP contribution >= 0.6 is 0 Å². The fraction of sp³-hybridized carbons (Fsp3) is 0.296. The third-order valence-corrected chi connectivity index (χ3v) is 6.61. The SMILES string of the molecule is CNC(=O)c1cc(Oc2ccc3c(c2)nc(Nc2ccc(C)c(C4CCCC4)c2)n3C)ccn1. The summed E-state index contributed by atoms with van der Waals surface area (Å²) in [5.74, 6) is 2.37. The third-order valence-electron chi connectivity index (χ3n) is 6.61. The van der Waals surface area contributed by atoms with Gasteiger partial charge in [0.2, 0.25) is 5.95 Å². The van der Waals surface area contributed by atoms with Gasteiger partial charge in [0, 0.05) is 38.1 Å². The number of amides is 1. The molecule has 1 aliphatic rings. The standard InChI is InChI=1S/C27H29N5O2/c1-17-8-9-19(14-22(17)18-6-4-5-7-18)30-27-31-23-15-20(10-11-25(23)32(27)3)34-21-12-13-29-24(16-21)26(33)28-2/h8-16,18H,4-7H2,1-3H3,(H,28,33)(H,30,31). The minimum atomic E-state index is -0.256. The smallest absolute Gasteiger partial charge is 0.269 e. The van der Waals surface area contributed by atoms with Crippen molar-refractivity contribution >= 4 is 28.6 Å². The van der Waals surface area contributed by atoms with Crippen molar-refractivity contribution in [1.82, 2.24) is 19.9 Å². The Hall–Kier alpha value is -3.87. The Morgan fingerprint density at radius 2 is 1.85 bits per heavy atom. The van der Waals surface area contributed by atoms with Gasteiger partial charge in [0.05, 0.1) is 11.0 Å². The molecule has 2 heterocycles. The van der Waals surface area contributed by atoms with Crippen LogP contribution in [0.5, 0.6) is 11.5 Å². The van der Waals surface area contributed by atoms with E-state index in [1.54, 1.807) is 25.4 Å². The van der Waals surface area contributed by atoms with Crippen LogP contribution in [0, 0.1) is 6.92 Å². The molecule has 0 unspecified atom stereocenters. The lowest BCUT2D eigenvalue weighted by Crippen LogP contribution is -2.18. The molecule has 7 heteroatoms. The zero-order valence-electron chi connectivity index (χ0n) is 19.8. The van der Waals surface area contributed by atoms with Crippen molar-refractivity contribution in [2.24, 2.45) is 7.05 Å². The second-order valence-corrected chi connectivity index (χ2v) is 8.88. The predicted molar refractivity (Wildman–Crippen MR) is 134 cm³/mol. The molecule has 0 radical (unpaired) electrons. The number of carbonyl (C=O) groups excluding carboxylic acids is 1. The number of benzene rings is 2. The summed E-state index contributed by atoms with van der Waals surface area (Å²) in [6.45, 7) is 2.20. The van der Waals surface area contributed by atoms with Crippen molar-refractivity contribution in [2.75, 3.05) is 12.4 Å². The molecule has 34 heavy (non-hydrogen) atoms. The number of fused-ring (bicyclic) bond motifs is 1. The molecule has 0 aliphatic heterocycles. The molecule has 0 bridgehead atoms. The summed E-state index contributed by atoms with van der Waals surface area (Å²) in [5, 5.41) is 6.08. The van der Waals surface area contributed by atoms with E-state index in [9.17, 15) is 4.79 Å². The predicted octanol–water partition coefficient (Wildman–Crippen LogP) is 5.83. The molecule has 0 atom stereocenters. The molecule has 7 nitrogen and oxygen atoms in total. The molecule has 2 N–H and O–H groups in total. The summed E-state index contributed by atoms with van der Waals surface area (Å²) < 4.78 is 8.03. The van der Waals surface area contributed by atoms with E-state index in [0.29, 0.717) is 23.1 Å². The summed E-state index contributed by atoms with van der Waals surface area (Å²) in [6, 6.07) is 15.7. The first-order valence-electron chi connectivity index (χ1n) is 11.7. The molecular weight excluding hydrogens is 426 g/mol. The van der Waals surface area contributed by atoms with E-state index in [-0.39, 0.29) is 5.91 Å². The Kier molecular flexibility index (Phi) is 5.92. The van der Waals surface area contributed by atoms with Crippen molar-refractivity contribution in [3.05, 3.63) is 71.5 Å². The van der Waals surface area contributed by atoms with Crippen molar-refractivity contribution in [3.8, 4) is 11.5 Å². The quantitative estimate of drug-likeness (QED) is 0.382. The van der Waals surface area contributed by atoms with E-state index in [2.05, 4.69) is 40.7 Å². The first kappa shape index (κ1) is 21.9. The number of aryl methyl sites for hydroxylation is 2. The van der Waals surface area contributed by atoms with E-state index >= 15 is 0 Å². The van der Waals surface area contributed by atoms with Gasteiger partial charge in [-0.1, -0.05) is 18.9 Å². The van der Waals surface area contributed by atoms with Gasteiger partial charge in [-0.3, -0.25) is 9.78 Å². The van der Waals surface area contributed by atoms with Gasteiger partial charge in [-0.15, -0.1) is 0 Å². The van der Waals surface area contributed by atoms with E-state index in [1.165, 1.54) is 36.8 Å². The van der Waals surface area contributed by atoms with Gasteiger partial charge in [-0.2, -0.15) is 0 Å². The average molecular weight is 456 g/mol. The van der Waals surface area contributed by atoms with Gasteiger partial charge in [-0.05, 0) is 67.1 Å². The maximum Gasteiger partial charge on any atom is 0.269 e. The van der Waals surface area contributed by atoms with Gasteiger partial charge in [0.15, 0.2) is 0 Å². The fourth-order valence-electron chi connectivity index (χ4n) is 4.74. The average Bonchev–Trinajstić information content (AvgIpc) is 3.48. The second-order valence-electron chi connectivity index (χ2n) is 8.88. The molecule has 2 aromatic carbocycles. The normalized spacial score (nSPS) is 13.9. The van der Waals surface area contributed by atoms with Crippen molar-refractivity contribution < 1.29 is 9.53 Å². The Balaban J connectivity index is 1.39. The highest BCUT2D eigenvalue weighted by Gasteiger charge is 2.19. The van der Waals surface area contributed by atoms with Crippen LogP contribution in [-0.4, -0.2) is 27.5 Å². The van der Waals surface area contributed by atoms with Crippen molar-refractivity contribution in [3.63, 3.8) is 0 Å². The molecule has 0 saturated heterocycles. The highest BCUT2D eigenvalue weighted by Crippen LogP contribution is 2.37. The van der Waals surface area contributed by atoms with Crippen LogP contribution in [0.1, 0.15) is 53.2 Å². The van der Waals surface area contributed by atoms with Gasteiger partial charge in [-0.25, -0.2) is 4.98 Å². The molecule has 2 aromatic heterocycles. The largest absolute Gasteiger partial charge is 0.457 e. The number of pyridine rings is 1.